The lowest BCUT2D eigenvalue weighted by molar-refractivity contribution is -0.137. The summed E-state index contributed by atoms with van der Waals surface area (Å²) in [6, 6.07) is 0.0278. The van der Waals surface area contributed by atoms with Crippen LogP contribution < -0.4 is 0 Å². The van der Waals surface area contributed by atoms with Crippen LogP contribution in [-0.4, -0.2) is 20.6 Å². The molecule has 1 aromatic rings. The van der Waals surface area contributed by atoms with Gasteiger partial charge in [-0.15, -0.1) is 0 Å². The van der Waals surface area contributed by atoms with Gasteiger partial charge < -0.3 is 9.67 Å². The maximum Gasteiger partial charge on any atom is 0.305 e. The van der Waals surface area contributed by atoms with Gasteiger partial charge >= 0.3 is 5.97 Å². The quantitative estimate of drug-likeness (QED) is 0.769. The molecule has 0 aliphatic carbocycles. The van der Waals surface area contributed by atoms with E-state index in [1.807, 2.05) is 24.6 Å². The second kappa shape index (κ2) is 4.07. The van der Waals surface area contributed by atoms with Gasteiger partial charge in [-0.3, -0.25) is 4.79 Å². The summed E-state index contributed by atoms with van der Waals surface area (Å²) < 4.78 is 1.91. The predicted octanol–water partition coefficient (Wildman–Crippen LogP) is 1.62. The molecule has 0 saturated carbocycles. The molecule has 0 spiro atoms. The van der Waals surface area contributed by atoms with E-state index in [0.29, 0.717) is 0 Å². The number of carbonyl (C=O) groups is 1. The molecule has 72 valence electrons. The number of hydrogen-bond donors (Lipinski definition) is 1. The second-order valence-corrected chi connectivity index (χ2v) is 3.04. The average molecular weight is 182 g/mol. The van der Waals surface area contributed by atoms with Crippen molar-refractivity contribution in [3.63, 3.8) is 0 Å². The number of aromatic nitrogens is 2. The van der Waals surface area contributed by atoms with Gasteiger partial charge in [-0.25, -0.2) is 4.98 Å². The van der Waals surface area contributed by atoms with Crippen LogP contribution in [-0.2, 0) is 4.79 Å². The van der Waals surface area contributed by atoms with Crippen molar-refractivity contribution in [1.82, 2.24) is 9.55 Å². The van der Waals surface area contributed by atoms with Crippen molar-refractivity contribution in [3.8, 4) is 0 Å². The van der Waals surface area contributed by atoms with E-state index in [9.17, 15) is 4.79 Å². The van der Waals surface area contributed by atoms with E-state index in [4.69, 9.17) is 5.11 Å². The third-order valence-electron chi connectivity index (χ3n) is 2.14. The Morgan fingerprint density at radius 2 is 2.46 bits per heavy atom. The highest BCUT2D eigenvalue weighted by atomic mass is 16.4. The normalized spacial score (nSPS) is 12.8. The highest BCUT2D eigenvalue weighted by Crippen LogP contribution is 2.17. The van der Waals surface area contributed by atoms with E-state index in [0.717, 1.165) is 12.2 Å². The molecule has 0 aliphatic heterocycles. The average Bonchev–Trinajstić information content (AvgIpc) is 2.47. The van der Waals surface area contributed by atoms with Gasteiger partial charge in [0.05, 0.1) is 6.42 Å². The zero-order chi connectivity index (χ0) is 9.84. The number of carboxylic acid groups (broad SMARTS) is 1. The second-order valence-electron chi connectivity index (χ2n) is 3.04. The number of nitrogens with zero attached hydrogens (tertiary/aromatic N) is 2. The summed E-state index contributed by atoms with van der Waals surface area (Å²) in [5.41, 5.74) is 0. The van der Waals surface area contributed by atoms with Crippen LogP contribution in [0.2, 0.25) is 0 Å². The SMILES string of the molecule is CCC(CC(=O)O)n1ccnc1C. The molecule has 0 amide bonds. The number of aryl methyl sites for hydroxylation is 1. The van der Waals surface area contributed by atoms with Crippen molar-refractivity contribution >= 4 is 5.97 Å². The number of hydrogen-bond acceptors (Lipinski definition) is 2. The minimum absolute atomic E-state index is 0.0278. The molecular formula is C9H14N2O2. The summed E-state index contributed by atoms with van der Waals surface area (Å²) in [7, 11) is 0. The first-order valence-corrected chi connectivity index (χ1v) is 4.36. The molecule has 0 bridgehead atoms. The highest BCUT2D eigenvalue weighted by molar-refractivity contribution is 5.67. The van der Waals surface area contributed by atoms with Gasteiger partial charge in [0, 0.05) is 18.4 Å². The summed E-state index contributed by atoms with van der Waals surface area (Å²) >= 11 is 0. The first-order valence-electron chi connectivity index (χ1n) is 4.36. The molecule has 1 aromatic heterocycles. The van der Waals surface area contributed by atoms with Crippen molar-refractivity contribution < 1.29 is 9.90 Å². The van der Waals surface area contributed by atoms with Gasteiger partial charge in [-0.05, 0) is 13.3 Å². The van der Waals surface area contributed by atoms with Crippen LogP contribution in [0.25, 0.3) is 0 Å². The molecular weight excluding hydrogens is 168 g/mol. The van der Waals surface area contributed by atoms with E-state index >= 15 is 0 Å². The smallest absolute Gasteiger partial charge is 0.305 e. The number of aliphatic carboxylic acids is 1. The lowest BCUT2D eigenvalue weighted by Gasteiger charge is -2.15. The van der Waals surface area contributed by atoms with Gasteiger partial charge in [-0.1, -0.05) is 6.92 Å². The molecule has 0 radical (unpaired) electrons. The Morgan fingerprint density at radius 1 is 1.77 bits per heavy atom. The van der Waals surface area contributed by atoms with Crippen molar-refractivity contribution in [1.29, 1.82) is 0 Å². The molecule has 1 atom stereocenters. The molecule has 0 fully saturated rings. The fraction of sp³-hybridized carbons (Fsp3) is 0.556. The third-order valence-corrected chi connectivity index (χ3v) is 2.14. The Labute approximate surface area is 77.2 Å². The molecule has 1 heterocycles. The zero-order valence-electron chi connectivity index (χ0n) is 7.90. The van der Waals surface area contributed by atoms with Crippen molar-refractivity contribution in [2.45, 2.75) is 32.7 Å². The number of rotatable bonds is 4. The highest BCUT2D eigenvalue weighted by Gasteiger charge is 2.13. The van der Waals surface area contributed by atoms with Gasteiger partial charge in [0.25, 0.3) is 0 Å². The number of carboxylic acids is 1. The largest absolute Gasteiger partial charge is 0.481 e. The van der Waals surface area contributed by atoms with Crippen molar-refractivity contribution in [2.75, 3.05) is 0 Å². The molecule has 0 aromatic carbocycles. The zero-order valence-corrected chi connectivity index (χ0v) is 7.90. The molecule has 4 nitrogen and oxygen atoms in total. The lowest BCUT2D eigenvalue weighted by Crippen LogP contribution is -2.13. The fourth-order valence-corrected chi connectivity index (χ4v) is 1.41. The lowest BCUT2D eigenvalue weighted by atomic mass is 10.1. The molecule has 13 heavy (non-hydrogen) atoms. The maximum absolute atomic E-state index is 10.5. The van der Waals surface area contributed by atoms with Crippen molar-refractivity contribution in [2.24, 2.45) is 0 Å². The van der Waals surface area contributed by atoms with Crippen LogP contribution in [0.15, 0.2) is 12.4 Å². The van der Waals surface area contributed by atoms with Crippen LogP contribution >= 0.6 is 0 Å². The summed E-state index contributed by atoms with van der Waals surface area (Å²) in [6.45, 7) is 3.86. The standard InChI is InChI=1S/C9H14N2O2/c1-3-8(6-9(12)13)11-5-4-10-7(11)2/h4-5,8H,3,6H2,1-2H3,(H,12,13). The molecule has 4 heteroatoms. The van der Waals surface area contributed by atoms with Gasteiger partial charge in [0.15, 0.2) is 0 Å². The maximum atomic E-state index is 10.5. The molecule has 0 aliphatic rings. The van der Waals surface area contributed by atoms with Gasteiger partial charge in [0.2, 0.25) is 0 Å². The summed E-state index contributed by atoms with van der Waals surface area (Å²) in [6.07, 6.45) is 4.49. The first kappa shape index (κ1) is 9.77. The summed E-state index contributed by atoms with van der Waals surface area (Å²) in [5.74, 6) is 0.105. The molecule has 1 rings (SSSR count). The fourth-order valence-electron chi connectivity index (χ4n) is 1.41. The molecule has 0 saturated heterocycles. The topological polar surface area (TPSA) is 55.1 Å². The minimum Gasteiger partial charge on any atom is -0.481 e. The monoisotopic (exact) mass is 182 g/mol. The van der Waals surface area contributed by atoms with E-state index in [2.05, 4.69) is 4.98 Å². The summed E-state index contributed by atoms with van der Waals surface area (Å²) in [5, 5.41) is 8.67. The molecule has 1 N–H and O–H groups in total. The van der Waals surface area contributed by atoms with Crippen molar-refractivity contribution in [3.05, 3.63) is 18.2 Å². The minimum atomic E-state index is -0.764. The Bertz CT molecular complexity index is 294. The predicted molar refractivity (Wildman–Crippen MR) is 48.5 cm³/mol. The Kier molecular flexibility index (Phi) is 3.06. The van der Waals surface area contributed by atoms with E-state index in [1.165, 1.54) is 0 Å². The van der Waals surface area contributed by atoms with E-state index in [1.54, 1.807) is 6.20 Å². The Hall–Kier alpha value is -1.32. The van der Waals surface area contributed by atoms with Crippen LogP contribution in [0.3, 0.4) is 0 Å². The van der Waals surface area contributed by atoms with Crippen LogP contribution in [0.5, 0.6) is 0 Å². The van der Waals surface area contributed by atoms with E-state index in [-0.39, 0.29) is 12.5 Å². The van der Waals surface area contributed by atoms with Crippen LogP contribution in [0.4, 0.5) is 0 Å². The van der Waals surface area contributed by atoms with Crippen LogP contribution in [0, 0.1) is 6.92 Å². The summed E-state index contributed by atoms with van der Waals surface area (Å²) in [4.78, 5) is 14.6. The first-order chi connectivity index (χ1) is 6.15. The van der Waals surface area contributed by atoms with Crippen LogP contribution in [0.1, 0.15) is 31.6 Å². The Morgan fingerprint density at radius 3 is 2.85 bits per heavy atom. The van der Waals surface area contributed by atoms with Gasteiger partial charge in [-0.2, -0.15) is 0 Å². The molecule has 1 unspecified atom stereocenters. The number of imidazole rings is 1. The van der Waals surface area contributed by atoms with Gasteiger partial charge in [0.1, 0.15) is 5.82 Å². The van der Waals surface area contributed by atoms with E-state index < -0.39 is 5.97 Å². The Balaban J connectivity index is 2.78. The third kappa shape index (κ3) is 2.31.